The van der Waals surface area contributed by atoms with Crippen LogP contribution in [0.25, 0.3) is 11.1 Å². The Morgan fingerprint density at radius 2 is 1.97 bits per heavy atom. The number of aromatic nitrogens is 1. The normalized spacial score (nSPS) is 25.6. The second kappa shape index (κ2) is 6.74. The molecule has 1 aromatic carbocycles. The molecule has 5 rings (SSSR count). The fourth-order valence-electron chi connectivity index (χ4n) is 5.07. The molecule has 0 spiro atoms. The van der Waals surface area contributed by atoms with Crippen molar-refractivity contribution < 1.29 is 14.4 Å². The molecule has 0 bridgehead atoms. The van der Waals surface area contributed by atoms with Crippen LogP contribution in [-0.2, 0) is 10.3 Å². The van der Waals surface area contributed by atoms with Gasteiger partial charge in [-0.1, -0.05) is 19.0 Å². The second-order valence-electron chi connectivity index (χ2n) is 9.23. The Morgan fingerprint density at radius 3 is 2.55 bits per heavy atom. The minimum atomic E-state index is -1.07. The number of anilines is 2. The van der Waals surface area contributed by atoms with E-state index in [-0.39, 0.29) is 18.2 Å². The predicted octanol–water partition coefficient (Wildman–Crippen LogP) is 4.55. The van der Waals surface area contributed by atoms with Crippen molar-refractivity contribution in [2.24, 2.45) is 11.8 Å². The van der Waals surface area contributed by atoms with Crippen molar-refractivity contribution in [2.75, 3.05) is 17.2 Å². The summed E-state index contributed by atoms with van der Waals surface area (Å²) in [5.74, 6) is 1.45. The number of ether oxygens (including phenoxy) is 1. The van der Waals surface area contributed by atoms with E-state index in [0.717, 1.165) is 52.4 Å². The maximum absolute atomic E-state index is 12.1. The van der Waals surface area contributed by atoms with Gasteiger partial charge in [-0.05, 0) is 69.1 Å². The fourth-order valence-corrected chi connectivity index (χ4v) is 5.07. The van der Waals surface area contributed by atoms with Gasteiger partial charge in [0.05, 0.1) is 29.3 Å². The predicted molar refractivity (Wildman–Crippen MR) is 113 cm³/mol. The van der Waals surface area contributed by atoms with Crippen LogP contribution in [0.1, 0.15) is 56.5 Å². The number of fused-ring (bicyclic) bond motifs is 1. The molecule has 0 amide bonds. The molecular formula is C23H31N3O3. The van der Waals surface area contributed by atoms with Crippen molar-refractivity contribution in [2.45, 2.75) is 71.2 Å². The number of benzene rings is 1. The van der Waals surface area contributed by atoms with Crippen LogP contribution in [0.5, 0.6) is 0 Å². The molecule has 2 fully saturated rings. The van der Waals surface area contributed by atoms with E-state index in [1.807, 2.05) is 13.8 Å². The highest BCUT2D eigenvalue weighted by atomic mass is 16.5. The van der Waals surface area contributed by atoms with Crippen molar-refractivity contribution in [3.05, 3.63) is 29.2 Å². The minimum Gasteiger partial charge on any atom is -0.382 e. The maximum Gasteiger partial charge on any atom is 0.141 e. The molecule has 1 saturated heterocycles. The molecule has 3 N–H and O–H groups in total. The lowest BCUT2D eigenvalue weighted by atomic mass is 9.76. The van der Waals surface area contributed by atoms with Gasteiger partial charge in [0.25, 0.3) is 0 Å². The summed E-state index contributed by atoms with van der Waals surface area (Å²) in [7, 11) is 0. The lowest BCUT2D eigenvalue weighted by Crippen LogP contribution is -2.44. The molecule has 3 aliphatic rings. The third-order valence-electron chi connectivity index (χ3n) is 6.90. The van der Waals surface area contributed by atoms with Crippen molar-refractivity contribution in [3.63, 3.8) is 0 Å². The number of nitrogens with zero attached hydrogens (tertiary/aromatic N) is 1. The highest BCUT2D eigenvalue weighted by molar-refractivity contribution is 5.85. The van der Waals surface area contributed by atoms with Crippen LogP contribution in [0.3, 0.4) is 0 Å². The van der Waals surface area contributed by atoms with Gasteiger partial charge in [0.1, 0.15) is 11.4 Å². The molecule has 3 heterocycles. The van der Waals surface area contributed by atoms with Crippen LogP contribution < -0.4 is 10.6 Å². The van der Waals surface area contributed by atoms with Gasteiger partial charge in [0.15, 0.2) is 0 Å². The van der Waals surface area contributed by atoms with E-state index in [2.05, 4.69) is 41.8 Å². The van der Waals surface area contributed by atoms with Gasteiger partial charge in [0, 0.05) is 17.7 Å². The standard InChI is InChI=1S/C23H31N3O3/c1-12(2)23(27,19-6-5-9-28-19)17-10-16(20-13(3)26-29-14(20)4)11-18-21(17)25-22(24-18)15-7-8-15/h10-12,15,19,22,24-25,27H,5-9H2,1-4H3. The first-order chi connectivity index (χ1) is 13.9. The van der Waals surface area contributed by atoms with Gasteiger partial charge in [-0.3, -0.25) is 0 Å². The molecule has 156 valence electrons. The zero-order valence-electron chi connectivity index (χ0n) is 17.7. The van der Waals surface area contributed by atoms with E-state index < -0.39 is 5.60 Å². The van der Waals surface area contributed by atoms with Crippen molar-refractivity contribution in [1.29, 1.82) is 0 Å². The first-order valence-corrected chi connectivity index (χ1v) is 10.9. The summed E-state index contributed by atoms with van der Waals surface area (Å²) < 4.78 is 11.5. The number of hydrogen-bond acceptors (Lipinski definition) is 6. The SMILES string of the molecule is Cc1noc(C)c1-c1cc2c(c(C(O)(C(C)C)C3CCCO3)c1)NC(C1CC1)N2. The largest absolute Gasteiger partial charge is 0.382 e. The average Bonchev–Trinajstić information content (AvgIpc) is 3.08. The Bertz CT molecular complexity index is 908. The van der Waals surface area contributed by atoms with Crippen LogP contribution in [0.4, 0.5) is 11.4 Å². The van der Waals surface area contributed by atoms with Gasteiger partial charge in [-0.25, -0.2) is 0 Å². The van der Waals surface area contributed by atoms with Gasteiger partial charge in [0.2, 0.25) is 0 Å². The van der Waals surface area contributed by atoms with E-state index in [0.29, 0.717) is 12.5 Å². The third-order valence-corrected chi connectivity index (χ3v) is 6.90. The van der Waals surface area contributed by atoms with Gasteiger partial charge < -0.3 is 25.0 Å². The topological polar surface area (TPSA) is 79.6 Å². The van der Waals surface area contributed by atoms with Crippen molar-refractivity contribution in [1.82, 2.24) is 5.16 Å². The summed E-state index contributed by atoms with van der Waals surface area (Å²) in [6.07, 6.45) is 4.37. The van der Waals surface area contributed by atoms with Gasteiger partial charge in [-0.15, -0.1) is 0 Å². The summed E-state index contributed by atoms with van der Waals surface area (Å²) in [5, 5.41) is 23.6. The molecule has 1 saturated carbocycles. The van der Waals surface area contributed by atoms with Gasteiger partial charge in [-0.2, -0.15) is 0 Å². The summed E-state index contributed by atoms with van der Waals surface area (Å²) in [5.41, 5.74) is 4.81. The molecule has 2 aromatic rings. The molecule has 1 aromatic heterocycles. The van der Waals surface area contributed by atoms with E-state index >= 15 is 0 Å². The Balaban J connectivity index is 1.69. The number of nitrogens with one attached hydrogen (secondary N) is 2. The van der Waals surface area contributed by atoms with Crippen LogP contribution in [0.15, 0.2) is 16.7 Å². The lowest BCUT2D eigenvalue weighted by molar-refractivity contribution is -0.119. The summed E-state index contributed by atoms with van der Waals surface area (Å²) >= 11 is 0. The van der Waals surface area contributed by atoms with E-state index in [1.165, 1.54) is 12.8 Å². The Morgan fingerprint density at radius 1 is 1.17 bits per heavy atom. The molecule has 3 atom stereocenters. The average molecular weight is 398 g/mol. The van der Waals surface area contributed by atoms with Crippen LogP contribution in [0.2, 0.25) is 0 Å². The lowest BCUT2D eigenvalue weighted by Gasteiger charge is -2.39. The summed E-state index contributed by atoms with van der Waals surface area (Å²) in [4.78, 5) is 0. The first-order valence-electron chi connectivity index (χ1n) is 10.9. The van der Waals surface area contributed by atoms with Crippen LogP contribution >= 0.6 is 0 Å². The Hall–Kier alpha value is -2.05. The van der Waals surface area contributed by atoms with Crippen molar-refractivity contribution >= 4 is 11.4 Å². The number of rotatable bonds is 5. The highest BCUT2D eigenvalue weighted by Crippen LogP contribution is 2.50. The molecular weight excluding hydrogens is 366 g/mol. The maximum atomic E-state index is 12.1. The number of hydrogen-bond donors (Lipinski definition) is 3. The molecule has 6 heteroatoms. The molecule has 6 nitrogen and oxygen atoms in total. The van der Waals surface area contributed by atoms with E-state index in [9.17, 15) is 5.11 Å². The minimum absolute atomic E-state index is 0.0105. The smallest absolute Gasteiger partial charge is 0.141 e. The Kier molecular flexibility index (Phi) is 4.40. The molecule has 1 aliphatic carbocycles. The van der Waals surface area contributed by atoms with E-state index in [4.69, 9.17) is 9.26 Å². The first kappa shape index (κ1) is 18.9. The molecule has 29 heavy (non-hydrogen) atoms. The quantitative estimate of drug-likeness (QED) is 0.687. The van der Waals surface area contributed by atoms with Gasteiger partial charge >= 0.3 is 0 Å². The highest BCUT2D eigenvalue weighted by Gasteiger charge is 2.47. The monoisotopic (exact) mass is 397 g/mol. The summed E-state index contributed by atoms with van der Waals surface area (Å²) in [6.45, 7) is 8.78. The van der Waals surface area contributed by atoms with Crippen LogP contribution in [0, 0.1) is 25.7 Å². The number of aryl methyl sites for hydroxylation is 2. The zero-order valence-corrected chi connectivity index (χ0v) is 17.7. The zero-order chi connectivity index (χ0) is 20.3. The molecule has 3 unspecified atom stereocenters. The molecule has 0 radical (unpaired) electrons. The Labute approximate surface area is 172 Å². The summed E-state index contributed by atoms with van der Waals surface area (Å²) in [6, 6.07) is 4.29. The second-order valence-corrected chi connectivity index (χ2v) is 9.23. The molecule has 2 aliphatic heterocycles. The van der Waals surface area contributed by atoms with Crippen LogP contribution in [-0.4, -0.2) is 29.1 Å². The third kappa shape index (κ3) is 2.96. The fraction of sp³-hybridized carbons (Fsp3) is 0.609. The van der Waals surface area contributed by atoms with E-state index in [1.54, 1.807) is 0 Å². The van der Waals surface area contributed by atoms with Crippen molar-refractivity contribution in [3.8, 4) is 11.1 Å². The number of aliphatic hydroxyl groups is 1.